The second-order valence-corrected chi connectivity index (χ2v) is 6.66. The molecule has 1 fully saturated rings. The third-order valence-corrected chi connectivity index (χ3v) is 4.83. The summed E-state index contributed by atoms with van der Waals surface area (Å²) in [5, 5.41) is 12.6. The molecule has 0 bridgehead atoms. The normalized spacial score (nSPS) is 14.4. The van der Waals surface area contributed by atoms with Crippen molar-refractivity contribution in [2.45, 2.75) is 13.5 Å². The van der Waals surface area contributed by atoms with Gasteiger partial charge in [-0.05, 0) is 13.0 Å². The molecule has 0 saturated carbocycles. The van der Waals surface area contributed by atoms with Gasteiger partial charge < -0.3 is 24.6 Å². The second kappa shape index (κ2) is 8.50. The number of hydrogen-bond acceptors (Lipinski definition) is 9. The van der Waals surface area contributed by atoms with Gasteiger partial charge in [0.15, 0.2) is 5.82 Å². The minimum atomic E-state index is -0.300. The van der Waals surface area contributed by atoms with Crippen LogP contribution in [0.15, 0.2) is 29.5 Å². The topological polar surface area (TPSA) is 118 Å². The first kappa shape index (κ1) is 19.2. The molecule has 2 N–H and O–H groups in total. The molecule has 0 amide bonds. The lowest BCUT2D eigenvalue weighted by atomic mass is 10.2. The molecule has 3 aromatic heterocycles. The molecule has 10 nitrogen and oxygen atoms in total. The zero-order valence-electron chi connectivity index (χ0n) is 16.2. The molecular weight excluding hydrogens is 374 g/mol. The molecule has 29 heavy (non-hydrogen) atoms. The van der Waals surface area contributed by atoms with E-state index in [-0.39, 0.29) is 11.6 Å². The summed E-state index contributed by atoms with van der Waals surface area (Å²) in [5.74, 6) is 0.443. The Morgan fingerprint density at radius 2 is 1.93 bits per heavy atom. The van der Waals surface area contributed by atoms with Gasteiger partial charge in [0.1, 0.15) is 5.52 Å². The van der Waals surface area contributed by atoms with Gasteiger partial charge in [0.05, 0.1) is 24.0 Å². The maximum Gasteiger partial charge on any atom is 0.313 e. The van der Waals surface area contributed by atoms with Gasteiger partial charge in [0, 0.05) is 57.3 Å². The van der Waals surface area contributed by atoms with Crippen LogP contribution in [0, 0.1) is 0 Å². The van der Waals surface area contributed by atoms with Gasteiger partial charge in [0.25, 0.3) is 5.56 Å². The Morgan fingerprint density at radius 3 is 2.66 bits per heavy atom. The fourth-order valence-electron chi connectivity index (χ4n) is 3.35. The standard InChI is InChI=1S/C19H23N7O3/c1-2-29-8-7-26-16-9-14(13-10-22-19(28)23-11-13)21-12-15(16)24-17(18(26)27)25-5-3-20-4-6-25/h9-12,20H,2-8H2,1H3,(H,22,23,28). The number of fused-ring (bicyclic) bond motifs is 1. The minimum absolute atomic E-state index is 0.141. The van der Waals surface area contributed by atoms with Crippen LogP contribution >= 0.6 is 0 Å². The number of anilines is 1. The van der Waals surface area contributed by atoms with Crippen LogP contribution in [-0.4, -0.2) is 69.0 Å². The van der Waals surface area contributed by atoms with Crippen LogP contribution in [-0.2, 0) is 11.3 Å². The first-order valence-corrected chi connectivity index (χ1v) is 9.62. The number of nitrogens with zero attached hydrogens (tertiary/aromatic N) is 6. The number of nitrogens with one attached hydrogen (secondary N) is 1. The van der Waals surface area contributed by atoms with Crippen molar-refractivity contribution in [3.63, 3.8) is 0 Å². The van der Waals surface area contributed by atoms with Gasteiger partial charge in [-0.15, -0.1) is 0 Å². The van der Waals surface area contributed by atoms with Crippen LogP contribution in [0.1, 0.15) is 6.92 Å². The van der Waals surface area contributed by atoms with Crippen molar-refractivity contribution in [2.75, 3.05) is 44.3 Å². The van der Waals surface area contributed by atoms with Crippen molar-refractivity contribution >= 4 is 16.9 Å². The lowest BCUT2D eigenvalue weighted by Gasteiger charge is -2.28. The number of pyridine rings is 1. The molecule has 10 heteroatoms. The van der Waals surface area contributed by atoms with Crippen LogP contribution in [0.4, 0.5) is 5.82 Å². The number of aromatic hydroxyl groups is 1. The van der Waals surface area contributed by atoms with Gasteiger partial charge >= 0.3 is 6.01 Å². The molecule has 152 valence electrons. The maximum atomic E-state index is 13.3. The number of ether oxygens (including phenoxy) is 1. The molecule has 3 aromatic rings. The maximum absolute atomic E-state index is 13.3. The van der Waals surface area contributed by atoms with E-state index in [4.69, 9.17) is 4.74 Å². The molecule has 0 radical (unpaired) electrons. The molecule has 0 atom stereocenters. The lowest BCUT2D eigenvalue weighted by Crippen LogP contribution is -2.46. The van der Waals surface area contributed by atoms with Crippen molar-refractivity contribution in [2.24, 2.45) is 0 Å². The Hall–Kier alpha value is -3.11. The van der Waals surface area contributed by atoms with Crippen LogP contribution in [0.5, 0.6) is 6.01 Å². The summed E-state index contributed by atoms with van der Waals surface area (Å²) in [5.41, 5.74) is 2.40. The van der Waals surface area contributed by atoms with E-state index in [0.29, 0.717) is 47.9 Å². The van der Waals surface area contributed by atoms with Crippen LogP contribution in [0.2, 0.25) is 0 Å². The minimum Gasteiger partial charge on any atom is -0.479 e. The first-order chi connectivity index (χ1) is 14.2. The van der Waals surface area contributed by atoms with E-state index >= 15 is 0 Å². The Kier molecular flexibility index (Phi) is 5.63. The Balaban J connectivity index is 1.82. The zero-order chi connectivity index (χ0) is 20.2. The van der Waals surface area contributed by atoms with E-state index in [1.165, 1.54) is 12.4 Å². The molecule has 4 heterocycles. The fourth-order valence-corrected chi connectivity index (χ4v) is 3.35. The summed E-state index contributed by atoms with van der Waals surface area (Å²) < 4.78 is 7.18. The average molecular weight is 397 g/mol. The largest absolute Gasteiger partial charge is 0.479 e. The summed E-state index contributed by atoms with van der Waals surface area (Å²) in [6, 6.07) is 1.50. The van der Waals surface area contributed by atoms with E-state index in [1.807, 2.05) is 11.8 Å². The number of hydrogen-bond donors (Lipinski definition) is 2. The van der Waals surface area contributed by atoms with Crippen LogP contribution in [0.25, 0.3) is 22.3 Å². The number of rotatable bonds is 6. The molecule has 0 aromatic carbocycles. The van der Waals surface area contributed by atoms with Crippen molar-refractivity contribution in [1.82, 2.24) is 29.8 Å². The molecule has 1 saturated heterocycles. The van der Waals surface area contributed by atoms with Crippen molar-refractivity contribution < 1.29 is 9.84 Å². The van der Waals surface area contributed by atoms with E-state index in [2.05, 4.69) is 25.3 Å². The molecule has 0 unspecified atom stereocenters. The molecule has 0 aliphatic carbocycles. The van der Waals surface area contributed by atoms with Gasteiger partial charge in [-0.25, -0.2) is 15.0 Å². The highest BCUT2D eigenvalue weighted by atomic mass is 16.5. The molecular formula is C19H23N7O3. The van der Waals surface area contributed by atoms with Crippen molar-refractivity contribution in [3.8, 4) is 17.3 Å². The second-order valence-electron chi connectivity index (χ2n) is 6.66. The van der Waals surface area contributed by atoms with Gasteiger partial charge in [0.2, 0.25) is 0 Å². The Labute approximate surface area is 167 Å². The monoisotopic (exact) mass is 397 g/mol. The van der Waals surface area contributed by atoms with Crippen LogP contribution < -0.4 is 15.8 Å². The number of aromatic nitrogens is 5. The van der Waals surface area contributed by atoms with Gasteiger partial charge in [-0.3, -0.25) is 9.78 Å². The molecule has 1 aliphatic rings. The third kappa shape index (κ3) is 4.03. The Morgan fingerprint density at radius 1 is 1.17 bits per heavy atom. The van der Waals surface area contributed by atoms with Gasteiger partial charge in [-0.2, -0.15) is 0 Å². The fraction of sp³-hybridized carbons (Fsp3) is 0.421. The van der Waals surface area contributed by atoms with E-state index in [1.54, 1.807) is 16.8 Å². The summed E-state index contributed by atoms with van der Waals surface area (Å²) in [4.78, 5) is 32.0. The molecule has 4 rings (SSSR count). The predicted molar refractivity (Wildman–Crippen MR) is 108 cm³/mol. The van der Waals surface area contributed by atoms with Gasteiger partial charge in [-0.1, -0.05) is 0 Å². The Bertz CT molecular complexity index is 1050. The SMILES string of the molecule is CCOCCn1c(=O)c(N2CCNCC2)nc2cnc(-c3cnc(O)nc3)cc21. The lowest BCUT2D eigenvalue weighted by molar-refractivity contribution is 0.139. The van der Waals surface area contributed by atoms with E-state index in [9.17, 15) is 9.90 Å². The molecule has 0 spiro atoms. The average Bonchev–Trinajstić information content (AvgIpc) is 2.76. The first-order valence-electron chi connectivity index (χ1n) is 9.62. The summed E-state index contributed by atoms with van der Waals surface area (Å²) in [7, 11) is 0. The third-order valence-electron chi connectivity index (χ3n) is 4.83. The van der Waals surface area contributed by atoms with E-state index < -0.39 is 0 Å². The summed E-state index contributed by atoms with van der Waals surface area (Å²) in [6.45, 7) is 6.45. The highest BCUT2D eigenvalue weighted by Gasteiger charge is 2.19. The quantitative estimate of drug-likeness (QED) is 0.570. The highest BCUT2D eigenvalue weighted by Crippen LogP contribution is 2.21. The van der Waals surface area contributed by atoms with Crippen molar-refractivity contribution in [3.05, 3.63) is 35.0 Å². The van der Waals surface area contributed by atoms with E-state index in [0.717, 1.165) is 26.2 Å². The summed E-state index contributed by atoms with van der Waals surface area (Å²) >= 11 is 0. The van der Waals surface area contributed by atoms with Crippen molar-refractivity contribution in [1.29, 1.82) is 0 Å². The van der Waals surface area contributed by atoms with Crippen LogP contribution in [0.3, 0.4) is 0 Å². The smallest absolute Gasteiger partial charge is 0.313 e. The number of piperazine rings is 1. The summed E-state index contributed by atoms with van der Waals surface area (Å²) in [6.07, 6.45) is 4.63. The predicted octanol–water partition coefficient (Wildman–Crippen LogP) is 0.400. The zero-order valence-corrected chi connectivity index (χ0v) is 16.2. The highest BCUT2D eigenvalue weighted by molar-refractivity contribution is 5.80. The molecule has 1 aliphatic heterocycles.